The van der Waals surface area contributed by atoms with Crippen molar-refractivity contribution in [2.75, 3.05) is 19.0 Å². The second kappa shape index (κ2) is 10.0. The topological polar surface area (TPSA) is 61.2 Å². The van der Waals surface area contributed by atoms with Crippen LogP contribution in [0.2, 0.25) is 0 Å². The molecule has 5 nitrogen and oxygen atoms in total. The summed E-state index contributed by atoms with van der Waals surface area (Å²) in [6.07, 6.45) is 0.710. The number of thioether (sulfide) groups is 1. The van der Waals surface area contributed by atoms with Crippen LogP contribution >= 0.6 is 27.7 Å². The van der Waals surface area contributed by atoms with Gasteiger partial charge in [-0.15, -0.1) is 0 Å². The Morgan fingerprint density at radius 3 is 2.68 bits per heavy atom. The number of Topliss-reactive ketones (excluding diaryl/α,β-unsaturated/α-hetero) is 1. The van der Waals surface area contributed by atoms with Crippen LogP contribution in [0.15, 0.2) is 63.0 Å². The van der Waals surface area contributed by atoms with Gasteiger partial charge in [-0.3, -0.25) is 14.2 Å². The van der Waals surface area contributed by atoms with Crippen molar-refractivity contribution < 1.29 is 9.53 Å². The van der Waals surface area contributed by atoms with Gasteiger partial charge in [0.15, 0.2) is 10.9 Å². The third-order valence-electron chi connectivity index (χ3n) is 4.20. The number of hydrogen-bond acceptors (Lipinski definition) is 5. The first-order chi connectivity index (χ1) is 13.6. The molecule has 0 spiro atoms. The van der Waals surface area contributed by atoms with Gasteiger partial charge in [0.2, 0.25) is 0 Å². The maximum Gasteiger partial charge on any atom is 0.262 e. The number of hydrogen-bond donors (Lipinski definition) is 0. The molecule has 2 aromatic carbocycles. The molecule has 0 amide bonds. The van der Waals surface area contributed by atoms with Crippen LogP contribution in [-0.4, -0.2) is 34.3 Å². The highest BCUT2D eigenvalue weighted by molar-refractivity contribution is 9.10. The third kappa shape index (κ3) is 5.10. The number of aromatic nitrogens is 2. The molecule has 0 aliphatic carbocycles. The standard InChI is InChI=1S/C21H21BrN2O3S/c1-2-27-13-5-12-24-20(26)17-6-3-4-7-18(17)23-21(24)28-14-19(25)15-8-10-16(22)11-9-15/h3-4,6-11H,2,5,12-14H2,1H3. The summed E-state index contributed by atoms with van der Waals surface area (Å²) in [5, 5.41) is 1.15. The zero-order valence-electron chi connectivity index (χ0n) is 15.6. The monoisotopic (exact) mass is 460 g/mol. The number of halogens is 1. The van der Waals surface area contributed by atoms with Crippen LogP contribution in [-0.2, 0) is 11.3 Å². The van der Waals surface area contributed by atoms with Gasteiger partial charge in [-0.25, -0.2) is 4.98 Å². The fourth-order valence-corrected chi connectivity index (χ4v) is 3.96. The molecule has 0 N–H and O–H groups in total. The van der Waals surface area contributed by atoms with Crippen LogP contribution in [0.5, 0.6) is 0 Å². The Labute approximate surface area is 176 Å². The van der Waals surface area contributed by atoms with E-state index in [4.69, 9.17) is 4.74 Å². The summed E-state index contributed by atoms with van der Waals surface area (Å²) in [5.41, 5.74) is 1.20. The second-order valence-electron chi connectivity index (χ2n) is 6.14. The van der Waals surface area contributed by atoms with Crippen LogP contribution in [0, 0.1) is 0 Å². The summed E-state index contributed by atoms with van der Waals surface area (Å²) in [5.74, 6) is 0.221. The first-order valence-electron chi connectivity index (χ1n) is 9.09. The zero-order chi connectivity index (χ0) is 19.9. The first kappa shape index (κ1) is 20.8. The molecule has 0 unspecified atom stereocenters. The number of ketones is 1. The summed E-state index contributed by atoms with van der Waals surface area (Å²) in [6.45, 7) is 3.68. The van der Waals surface area contributed by atoms with Crippen LogP contribution in [0.4, 0.5) is 0 Å². The minimum atomic E-state index is -0.0827. The van der Waals surface area contributed by atoms with Gasteiger partial charge in [0.25, 0.3) is 5.56 Å². The molecule has 0 aliphatic heterocycles. The van der Waals surface area contributed by atoms with E-state index in [-0.39, 0.29) is 17.1 Å². The quantitative estimate of drug-likeness (QED) is 0.202. The van der Waals surface area contributed by atoms with Crippen LogP contribution < -0.4 is 5.56 Å². The van der Waals surface area contributed by atoms with Crippen molar-refractivity contribution in [2.24, 2.45) is 0 Å². The Kier molecular flexibility index (Phi) is 7.42. The molecule has 28 heavy (non-hydrogen) atoms. The van der Waals surface area contributed by atoms with Gasteiger partial charge in [0.05, 0.1) is 16.7 Å². The molecule has 0 aliphatic rings. The van der Waals surface area contributed by atoms with Gasteiger partial charge < -0.3 is 4.74 Å². The lowest BCUT2D eigenvalue weighted by Gasteiger charge is -2.13. The van der Waals surface area contributed by atoms with Crippen molar-refractivity contribution in [2.45, 2.75) is 25.0 Å². The third-order valence-corrected chi connectivity index (χ3v) is 5.70. The minimum absolute atomic E-state index is 0.000717. The largest absolute Gasteiger partial charge is 0.382 e. The molecule has 7 heteroatoms. The number of benzene rings is 2. The van der Waals surface area contributed by atoms with Crippen LogP contribution in [0.3, 0.4) is 0 Å². The molecule has 146 valence electrons. The van der Waals surface area contributed by atoms with E-state index in [2.05, 4.69) is 20.9 Å². The highest BCUT2D eigenvalue weighted by Gasteiger charge is 2.14. The molecule has 3 aromatic rings. The molecule has 0 radical (unpaired) electrons. The number of ether oxygens (including phenoxy) is 1. The molecule has 0 atom stereocenters. The van der Waals surface area contributed by atoms with E-state index in [0.717, 1.165) is 4.47 Å². The van der Waals surface area contributed by atoms with Crippen molar-refractivity contribution >= 4 is 44.4 Å². The molecule has 0 bridgehead atoms. The first-order valence-corrected chi connectivity index (χ1v) is 10.9. The van der Waals surface area contributed by atoms with E-state index in [0.29, 0.717) is 47.8 Å². The fraction of sp³-hybridized carbons (Fsp3) is 0.286. The van der Waals surface area contributed by atoms with E-state index >= 15 is 0 Å². The van der Waals surface area contributed by atoms with Gasteiger partial charge in [0, 0.05) is 29.8 Å². The number of para-hydroxylation sites is 1. The second-order valence-corrected chi connectivity index (χ2v) is 8.00. The molecule has 0 saturated carbocycles. The lowest BCUT2D eigenvalue weighted by molar-refractivity contribution is 0.102. The summed E-state index contributed by atoms with van der Waals surface area (Å²) in [7, 11) is 0. The Hall–Kier alpha value is -1.96. The van der Waals surface area contributed by atoms with Crippen molar-refractivity contribution in [1.82, 2.24) is 9.55 Å². The van der Waals surface area contributed by atoms with E-state index < -0.39 is 0 Å². The van der Waals surface area contributed by atoms with Gasteiger partial charge in [-0.2, -0.15) is 0 Å². The van der Waals surface area contributed by atoms with Crippen molar-refractivity contribution in [1.29, 1.82) is 0 Å². The lowest BCUT2D eigenvalue weighted by atomic mass is 10.2. The molecular weight excluding hydrogens is 440 g/mol. The van der Waals surface area contributed by atoms with Gasteiger partial charge >= 0.3 is 0 Å². The normalized spacial score (nSPS) is 11.1. The number of nitrogens with zero attached hydrogens (tertiary/aromatic N) is 2. The minimum Gasteiger partial charge on any atom is -0.382 e. The zero-order valence-corrected chi connectivity index (χ0v) is 18.0. The average Bonchev–Trinajstić information content (AvgIpc) is 2.71. The Morgan fingerprint density at radius 2 is 1.93 bits per heavy atom. The Morgan fingerprint density at radius 1 is 1.18 bits per heavy atom. The van der Waals surface area contributed by atoms with E-state index in [9.17, 15) is 9.59 Å². The predicted molar refractivity (Wildman–Crippen MR) is 116 cm³/mol. The van der Waals surface area contributed by atoms with E-state index in [1.807, 2.05) is 37.3 Å². The van der Waals surface area contributed by atoms with Crippen molar-refractivity contribution in [3.05, 3.63) is 68.9 Å². The molecular formula is C21H21BrN2O3S. The molecule has 0 saturated heterocycles. The highest BCUT2D eigenvalue weighted by atomic mass is 79.9. The Bertz CT molecular complexity index is 1020. The van der Waals surface area contributed by atoms with Gasteiger partial charge in [-0.05, 0) is 37.6 Å². The van der Waals surface area contributed by atoms with Gasteiger partial charge in [0.1, 0.15) is 0 Å². The smallest absolute Gasteiger partial charge is 0.262 e. The van der Waals surface area contributed by atoms with Crippen molar-refractivity contribution in [3.8, 4) is 0 Å². The SMILES string of the molecule is CCOCCCn1c(SCC(=O)c2ccc(Br)cc2)nc2ccccc2c1=O. The van der Waals surface area contributed by atoms with Crippen molar-refractivity contribution in [3.63, 3.8) is 0 Å². The number of carbonyl (C=O) groups is 1. The van der Waals surface area contributed by atoms with E-state index in [1.165, 1.54) is 11.8 Å². The summed E-state index contributed by atoms with van der Waals surface area (Å²) >= 11 is 4.67. The van der Waals surface area contributed by atoms with Gasteiger partial charge in [-0.1, -0.05) is 52.0 Å². The van der Waals surface area contributed by atoms with E-state index in [1.54, 1.807) is 22.8 Å². The Balaban J connectivity index is 1.84. The molecule has 1 heterocycles. The molecule has 3 rings (SSSR count). The lowest BCUT2D eigenvalue weighted by Crippen LogP contribution is -2.24. The maximum atomic E-state index is 12.9. The average molecular weight is 461 g/mol. The highest BCUT2D eigenvalue weighted by Crippen LogP contribution is 2.20. The number of carbonyl (C=O) groups excluding carboxylic acids is 1. The molecule has 0 fully saturated rings. The molecule has 1 aromatic heterocycles. The van der Waals surface area contributed by atoms with Crippen LogP contribution in [0.25, 0.3) is 10.9 Å². The fourth-order valence-electron chi connectivity index (χ4n) is 2.77. The van der Waals surface area contributed by atoms with Crippen LogP contribution in [0.1, 0.15) is 23.7 Å². The number of fused-ring (bicyclic) bond motifs is 1. The summed E-state index contributed by atoms with van der Waals surface area (Å²) in [4.78, 5) is 30.1. The predicted octanol–water partition coefficient (Wildman–Crippen LogP) is 4.56. The maximum absolute atomic E-state index is 12.9. The number of rotatable bonds is 9. The summed E-state index contributed by atoms with van der Waals surface area (Å²) in [6, 6.07) is 14.6. The summed E-state index contributed by atoms with van der Waals surface area (Å²) < 4.78 is 7.97.